The van der Waals surface area contributed by atoms with Gasteiger partial charge in [0.1, 0.15) is 5.82 Å². The summed E-state index contributed by atoms with van der Waals surface area (Å²) in [5.41, 5.74) is 1.55. The first-order valence-corrected chi connectivity index (χ1v) is 6.28. The van der Waals surface area contributed by atoms with Crippen LogP contribution in [-0.2, 0) is 0 Å². The molecule has 0 radical (unpaired) electrons. The lowest BCUT2D eigenvalue weighted by molar-refractivity contribution is -0.384. The standard InChI is InChI=1S/C13H14ClN3O2/c1-7(2)10-5-8-4-9(17(18)19)6-11(14)12(8)16-13(10)15-3/h4-7H,1-3H3,(H,15,16). The lowest BCUT2D eigenvalue weighted by atomic mass is 10.0. The molecule has 0 atom stereocenters. The number of nitrogens with one attached hydrogen (secondary N) is 1. The molecule has 0 fully saturated rings. The van der Waals surface area contributed by atoms with Crippen molar-refractivity contribution in [3.05, 3.63) is 38.9 Å². The molecule has 1 aromatic heterocycles. The van der Waals surface area contributed by atoms with Crippen LogP contribution in [0, 0.1) is 10.1 Å². The predicted molar refractivity (Wildman–Crippen MR) is 77.0 cm³/mol. The Labute approximate surface area is 115 Å². The molecule has 0 aliphatic carbocycles. The van der Waals surface area contributed by atoms with Crippen molar-refractivity contribution in [3.8, 4) is 0 Å². The average molecular weight is 280 g/mol. The molecule has 0 aliphatic heterocycles. The van der Waals surface area contributed by atoms with Gasteiger partial charge in [-0.25, -0.2) is 4.98 Å². The Kier molecular flexibility index (Phi) is 3.57. The Morgan fingerprint density at radius 1 is 1.37 bits per heavy atom. The summed E-state index contributed by atoms with van der Waals surface area (Å²) in [5, 5.41) is 14.9. The predicted octanol–water partition coefficient (Wildman–Crippen LogP) is 3.96. The van der Waals surface area contributed by atoms with Gasteiger partial charge in [0.15, 0.2) is 0 Å². The maximum absolute atomic E-state index is 10.9. The van der Waals surface area contributed by atoms with Crippen molar-refractivity contribution in [1.29, 1.82) is 0 Å². The molecular formula is C13H14ClN3O2. The van der Waals surface area contributed by atoms with E-state index < -0.39 is 4.92 Å². The highest BCUT2D eigenvalue weighted by atomic mass is 35.5. The number of non-ortho nitro benzene ring substituents is 1. The molecule has 6 heteroatoms. The lowest BCUT2D eigenvalue weighted by Crippen LogP contribution is -2.01. The Morgan fingerprint density at radius 2 is 2.05 bits per heavy atom. The van der Waals surface area contributed by atoms with Crippen molar-refractivity contribution < 1.29 is 4.92 Å². The highest BCUT2D eigenvalue weighted by molar-refractivity contribution is 6.35. The van der Waals surface area contributed by atoms with E-state index >= 15 is 0 Å². The molecule has 0 bridgehead atoms. The number of rotatable bonds is 3. The highest BCUT2D eigenvalue weighted by Gasteiger charge is 2.15. The lowest BCUT2D eigenvalue weighted by Gasteiger charge is -2.13. The first-order valence-electron chi connectivity index (χ1n) is 5.90. The van der Waals surface area contributed by atoms with Crippen LogP contribution < -0.4 is 5.32 Å². The van der Waals surface area contributed by atoms with E-state index in [9.17, 15) is 10.1 Å². The number of aromatic nitrogens is 1. The van der Waals surface area contributed by atoms with Gasteiger partial charge in [-0.2, -0.15) is 0 Å². The van der Waals surface area contributed by atoms with Gasteiger partial charge in [-0.1, -0.05) is 25.4 Å². The van der Waals surface area contributed by atoms with Crippen LogP contribution in [0.3, 0.4) is 0 Å². The molecule has 0 saturated carbocycles. The number of benzene rings is 1. The Balaban J connectivity index is 2.78. The van der Waals surface area contributed by atoms with Gasteiger partial charge in [0.2, 0.25) is 0 Å². The zero-order valence-electron chi connectivity index (χ0n) is 10.9. The fourth-order valence-electron chi connectivity index (χ4n) is 1.99. The maximum Gasteiger partial charge on any atom is 0.271 e. The van der Waals surface area contributed by atoms with E-state index in [2.05, 4.69) is 10.3 Å². The van der Waals surface area contributed by atoms with E-state index in [1.807, 2.05) is 19.9 Å². The fraction of sp³-hybridized carbons (Fsp3) is 0.308. The van der Waals surface area contributed by atoms with Gasteiger partial charge < -0.3 is 5.32 Å². The summed E-state index contributed by atoms with van der Waals surface area (Å²) >= 11 is 6.07. The summed E-state index contributed by atoms with van der Waals surface area (Å²) < 4.78 is 0. The van der Waals surface area contributed by atoms with E-state index in [0.29, 0.717) is 10.9 Å². The van der Waals surface area contributed by atoms with E-state index in [4.69, 9.17) is 11.6 Å². The second-order valence-electron chi connectivity index (χ2n) is 4.59. The third kappa shape index (κ3) is 2.46. The van der Waals surface area contributed by atoms with Gasteiger partial charge >= 0.3 is 0 Å². The molecule has 0 aliphatic rings. The van der Waals surface area contributed by atoms with Crippen LogP contribution >= 0.6 is 11.6 Å². The molecule has 1 N–H and O–H groups in total. The first-order chi connectivity index (χ1) is 8.93. The zero-order valence-corrected chi connectivity index (χ0v) is 11.7. The number of hydrogen-bond donors (Lipinski definition) is 1. The molecule has 1 aromatic carbocycles. The van der Waals surface area contributed by atoms with Crippen molar-refractivity contribution in [2.75, 3.05) is 12.4 Å². The SMILES string of the molecule is CNc1nc2c(Cl)cc([N+](=O)[O-])cc2cc1C(C)C. The summed E-state index contributed by atoms with van der Waals surface area (Å²) in [6, 6.07) is 4.72. The summed E-state index contributed by atoms with van der Waals surface area (Å²) in [6.07, 6.45) is 0. The van der Waals surface area contributed by atoms with Crippen molar-refractivity contribution in [1.82, 2.24) is 4.98 Å². The van der Waals surface area contributed by atoms with Crippen LogP contribution in [0.15, 0.2) is 18.2 Å². The Bertz CT molecular complexity index is 656. The number of fused-ring (bicyclic) bond motifs is 1. The maximum atomic E-state index is 10.9. The van der Waals surface area contributed by atoms with Crippen LogP contribution in [0.25, 0.3) is 10.9 Å². The van der Waals surface area contributed by atoms with Gasteiger partial charge in [-0.3, -0.25) is 10.1 Å². The highest BCUT2D eigenvalue weighted by Crippen LogP contribution is 2.32. The van der Waals surface area contributed by atoms with E-state index in [1.165, 1.54) is 12.1 Å². The normalized spacial score (nSPS) is 11.0. The third-order valence-electron chi connectivity index (χ3n) is 2.96. The number of anilines is 1. The Morgan fingerprint density at radius 3 is 2.58 bits per heavy atom. The molecule has 2 aromatic rings. The second kappa shape index (κ2) is 5.01. The molecule has 0 unspecified atom stereocenters. The summed E-state index contributed by atoms with van der Waals surface area (Å²) in [7, 11) is 1.79. The van der Waals surface area contributed by atoms with Crippen LogP contribution in [-0.4, -0.2) is 17.0 Å². The number of nitrogens with zero attached hydrogens (tertiary/aromatic N) is 2. The van der Waals surface area contributed by atoms with Crippen molar-refractivity contribution in [3.63, 3.8) is 0 Å². The monoisotopic (exact) mass is 279 g/mol. The average Bonchev–Trinajstić information content (AvgIpc) is 2.36. The fourth-order valence-corrected chi connectivity index (χ4v) is 2.25. The Hall–Kier alpha value is -1.88. The van der Waals surface area contributed by atoms with Gasteiger partial charge in [0.05, 0.1) is 15.5 Å². The van der Waals surface area contributed by atoms with E-state index in [0.717, 1.165) is 11.4 Å². The molecule has 0 amide bonds. The molecule has 1 heterocycles. The summed E-state index contributed by atoms with van der Waals surface area (Å²) in [6.45, 7) is 4.09. The minimum Gasteiger partial charge on any atom is -0.373 e. The van der Waals surface area contributed by atoms with Crippen LogP contribution in [0.1, 0.15) is 25.3 Å². The topological polar surface area (TPSA) is 68.1 Å². The van der Waals surface area contributed by atoms with Gasteiger partial charge in [-0.15, -0.1) is 0 Å². The molecule has 0 saturated heterocycles. The minimum atomic E-state index is -0.452. The minimum absolute atomic E-state index is 0.0220. The molecule has 19 heavy (non-hydrogen) atoms. The van der Waals surface area contributed by atoms with Gasteiger partial charge in [0.25, 0.3) is 5.69 Å². The van der Waals surface area contributed by atoms with Crippen molar-refractivity contribution in [2.24, 2.45) is 0 Å². The summed E-state index contributed by atoms with van der Waals surface area (Å²) in [5.74, 6) is 1.01. The van der Waals surface area contributed by atoms with Gasteiger partial charge in [0, 0.05) is 24.6 Å². The van der Waals surface area contributed by atoms with Crippen molar-refractivity contribution >= 4 is 34.0 Å². The second-order valence-corrected chi connectivity index (χ2v) is 4.99. The number of halogens is 1. The number of hydrogen-bond acceptors (Lipinski definition) is 4. The number of nitro groups is 1. The van der Waals surface area contributed by atoms with E-state index in [-0.39, 0.29) is 16.6 Å². The molecular weight excluding hydrogens is 266 g/mol. The first kappa shape index (κ1) is 13.5. The molecule has 5 nitrogen and oxygen atoms in total. The van der Waals surface area contributed by atoms with E-state index in [1.54, 1.807) is 7.05 Å². The third-order valence-corrected chi connectivity index (χ3v) is 3.24. The van der Waals surface area contributed by atoms with Crippen LogP contribution in [0.5, 0.6) is 0 Å². The van der Waals surface area contributed by atoms with Crippen molar-refractivity contribution in [2.45, 2.75) is 19.8 Å². The van der Waals surface area contributed by atoms with Crippen LogP contribution in [0.4, 0.5) is 11.5 Å². The molecule has 2 rings (SSSR count). The number of nitro benzene ring substituents is 1. The molecule has 0 spiro atoms. The quantitative estimate of drug-likeness (QED) is 0.682. The zero-order chi connectivity index (χ0) is 14.2. The number of pyridine rings is 1. The summed E-state index contributed by atoms with van der Waals surface area (Å²) in [4.78, 5) is 14.9. The van der Waals surface area contributed by atoms with Crippen LogP contribution in [0.2, 0.25) is 5.02 Å². The molecule has 100 valence electrons. The largest absolute Gasteiger partial charge is 0.373 e. The smallest absolute Gasteiger partial charge is 0.271 e. The van der Waals surface area contributed by atoms with Gasteiger partial charge in [-0.05, 0) is 17.5 Å².